The van der Waals surface area contributed by atoms with Gasteiger partial charge >= 0.3 is 16.9 Å². The largest absolute Gasteiger partial charge is 0.480 e. The van der Waals surface area contributed by atoms with Gasteiger partial charge in [0.05, 0.1) is 6.54 Å². The number of aromatic amines is 1. The summed E-state index contributed by atoms with van der Waals surface area (Å²) in [6.07, 6.45) is 0. The predicted octanol–water partition coefficient (Wildman–Crippen LogP) is 0.345. The van der Waals surface area contributed by atoms with E-state index >= 15 is 0 Å². The van der Waals surface area contributed by atoms with Gasteiger partial charge in [-0.2, -0.15) is 0 Å². The summed E-state index contributed by atoms with van der Waals surface area (Å²) in [4.78, 5) is 35.5. The maximum atomic E-state index is 11.5. The molecule has 0 spiro atoms. The lowest BCUT2D eigenvalue weighted by atomic mass is 10.1. The average molecular weight is 273 g/mol. The van der Waals surface area contributed by atoms with E-state index in [-0.39, 0.29) is 17.3 Å². The number of carboxylic acid groups (broad SMARTS) is 1. The summed E-state index contributed by atoms with van der Waals surface area (Å²) in [6.45, 7) is 3.56. The number of nitrogens with one attached hydrogen (secondary N) is 3. The van der Waals surface area contributed by atoms with Crippen molar-refractivity contribution in [3.05, 3.63) is 20.7 Å². The van der Waals surface area contributed by atoms with Crippen LogP contribution < -0.4 is 15.5 Å². The Hall–Kier alpha value is -1.83. The lowest BCUT2D eigenvalue weighted by Crippen LogP contribution is -2.48. The van der Waals surface area contributed by atoms with Gasteiger partial charge in [-0.05, 0) is 5.92 Å². The van der Waals surface area contributed by atoms with Gasteiger partial charge < -0.3 is 20.7 Å². The van der Waals surface area contributed by atoms with E-state index in [1.165, 1.54) is 0 Å². The number of H-pyrrole nitrogens is 1. The Morgan fingerprint density at radius 3 is 2.61 bits per heavy atom. The lowest BCUT2D eigenvalue weighted by molar-refractivity contribution is -0.140. The number of hydrogen-bond acceptors (Lipinski definition) is 4. The van der Waals surface area contributed by atoms with Crippen LogP contribution in [0.3, 0.4) is 0 Å². The summed E-state index contributed by atoms with van der Waals surface area (Å²) in [5.41, 5.74) is 0.580. The molecular weight excluding hydrogens is 258 g/mol. The first kappa shape index (κ1) is 14.2. The Morgan fingerprint density at radius 2 is 2.17 bits per heavy atom. The highest BCUT2D eigenvalue weighted by molar-refractivity contribution is 7.07. The van der Waals surface area contributed by atoms with Crippen LogP contribution in [0.2, 0.25) is 0 Å². The van der Waals surface area contributed by atoms with Crippen LogP contribution >= 0.6 is 11.3 Å². The fourth-order valence-electron chi connectivity index (χ4n) is 1.28. The van der Waals surface area contributed by atoms with Gasteiger partial charge in [0.15, 0.2) is 0 Å². The molecule has 0 aromatic carbocycles. The van der Waals surface area contributed by atoms with Crippen LogP contribution in [0.4, 0.5) is 4.79 Å². The van der Waals surface area contributed by atoms with Crippen molar-refractivity contribution < 1.29 is 14.7 Å². The van der Waals surface area contributed by atoms with Crippen molar-refractivity contribution in [1.82, 2.24) is 15.6 Å². The van der Waals surface area contributed by atoms with Gasteiger partial charge in [0.1, 0.15) is 6.04 Å². The number of urea groups is 1. The van der Waals surface area contributed by atoms with Gasteiger partial charge in [-0.1, -0.05) is 25.2 Å². The Bertz CT molecular complexity index is 479. The number of thiazole rings is 1. The number of aliphatic carboxylic acids is 1. The summed E-state index contributed by atoms with van der Waals surface area (Å²) in [6, 6.07) is -1.52. The van der Waals surface area contributed by atoms with Gasteiger partial charge in [-0.15, -0.1) is 0 Å². The van der Waals surface area contributed by atoms with Crippen molar-refractivity contribution in [3.8, 4) is 0 Å². The molecule has 1 aromatic heterocycles. The Morgan fingerprint density at radius 1 is 1.50 bits per heavy atom. The van der Waals surface area contributed by atoms with E-state index < -0.39 is 18.0 Å². The number of carboxylic acids is 1. The van der Waals surface area contributed by atoms with Crippen LogP contribution in [0.1, 0.15) is 19.5 Å². The van der Waals surface area contributed by atoms with E-state index in [0.29, 0.717) is 5.69 Å². The third-order valence-corrected chi connectivity index (χ3v) is 2.95. The molecule has 0 aliphatic rings. The van der Waals surface area contributed by atoms with E-state index in [1.807, 2.05) is 0 Å². The van der Waals surface area contributed by atoms with Gasteiger partial charge in [0.25, 0.3) is 0 Å². The normalized spacial score (nSPS) is 12.2. The molecule has 8 heteroatoms. The Kier molecular flexibility index (Phi) is 4.90. The summed E-state index contributed by atoms with van der Waals surface area (Å²) in [5.74, 6) is -1.29. The van der Waals surface area contributed by atoms with Gasteiger partial charge in [0.2, 0.25) is 0 Å². The van der Waals surface area contributed by atoms with Crippen molar-refractivity contribution in [2.75, 3.05) is 0 Å². The molecule has 0 saturated carbocycles. The summed E-state index contributed by atoms with van der Waals surface area (Å²) >= 11 is 1.00. The average Bonchev–Trinajstić information content (AvgIpc) is 2.68. The van der Waals surface area contributed by atoms with Crippen molar-refractivity contribution in [1.29, 1.82) is 0 Å². The Labute approximate surface area is 107 Å². The second-order valence-electron chi connectivity index (χ2n) is 4.06. The molecule has 100 valence electrons. The van der Waals surface area contributed by atoms with E-state index in [9.17, 15) is 14.4 Å². The number of amides is 2. The molecule has 2 amide bonds. The molecule has 18 heavy (non-hydrogen) atoms. The smallest absolute Gasteiger partial charge is 0.326 e. The molecule has 0 radical (unpaired) electrons. The highest BCUT2D eigenvalue weighted by Crippen LogP contribution is 2.01. The minimum absolute atomic E-state index is 0.148. The molecule has 4 N–H and O–H groups in total. The fraction of sp³-hybridized carbons (Fsp3) is 0.500. The maximum absolute atomic E-state index is 11.5. The third-order valence-electron chi connectivity index (χ3n) is 2.23. The summed E-state index contributed by atoms with van der Waals surface area (Å²) in [7, 11) is 0. The second kappa shape index (κ2) is 6.20. The standard InChI is InChI=1S/C10H15N3O4S/c1-5(2)7(8(14)15)13-9(16)11-3-6-4-18-10(17)12-6/h4-5,7H,3H2,1-2H3,(H,12,17)(H,14,15)(H2,11,13,16)/t7-/m1/s1. The number of rotatable bonds is 5. The minimum Gasteiger partial charge on any atom is -0.480 e. The van der Waals surface area contributed by atoms with Crippen LogP contribution in [0.25, 0.3) is 0 Å². The maximum Gasteiger partial charge on any atom is 0.326 e. The van der Waals surface area contributed by atoms with E-state index in [4.69, 9.17) is 5.11 Å². The molecule has 0 unspecified atom stereocenters. The van der Waals surface area contributed by atoms with Crippen molar-refractivity contribution >= 4 is 23.3 Å². The van der Waals surface area contributed by atoms with E-state index in [2.05, 4.69) is 15.6 Å². The Balaban J connectivity index is 2.46. The van der Waals surface area contributed by atoms with Gasteiger partial charge in [0, 0.05) is 11.1 Å². The molecule has 1 aromatic rings. The quantitative estimate of drug-likeness (QED) is 0.620. The third kappa shape index (κ3) is 4.21. The first-order valence-corrected chi connectivity index (χ1v) is 6.22. The highest BCUT2D eigenvalue weighted by Gasteiger charge is 2.23. The molecule has 1 atom stereocenters. The lowest BCUT2D eigenvalue weighted by Gasteiger charge is -2.17. The van der Waals surface area contributed by atoms with Gasteiger partial charge in [-0.3, -0.25) is 4.79 Å². The monoisotopic (exact) mass is 273 g/mol. The van der Waals surface area contributed by atoms with Crippen LogP contribution in [0, 0.1) is 5.92 Å². The van der Waals surface area contributed by atoms with Crippen molar-refractivity contribution in [2.24, 2.45) is 5.92 Å². The molecule has 0 aliphatic heterocycles. The summed E-state index contributed by atoms with van der Waals surface area (Å²) < 4.78 is 0. The number of hydrogen-bond donors (Lipinski definition) is 4. The molecule has 1 heterocycles. The predicted molar refractivity (Wildman–Crippen MR) is 66.6 cm³/mol. The zero-order valence-corrected chi connectivity index (χ0v) is 10.8. The topological polar surface area (TPSA) is 111 Å². The number of carbonyl (C=O) groups is 2. The van der Waals surface area contributed by atoms with Crippen LogP contribution in [0.5, 0.6) is 0 Å². The molecule has 0 bridgehead atoms. The number of carbonyl (C=O) groups excluding carboxylic acids is 1. The van der Waals surface area contributed by atoms with Crippen LogP contribution in [-0.2, 0) is 11.3 Å². The molecular formula is C10H15N3O4S. The summed E-state index contributed by atoms with van der Waals surface area (Å²) in [5, 5.41) is 15.3. The van der Waals surface area contributed by atoms with Crippen LogP contribution in [0.15, 0.2) is 10.2 Å². The fourth-order valence-corrected chi connectivity index (χ4v) is 1.86. The van der Waals surface area contributed by atoms with Crippen LogP contribution in [-0.4, -0.2) is 28.1 Å². The molecule has 7 nitrogen and oxygen atoms in total. The zero-order chi connectivity index (χ0) is 13.7. The van der Waals surface area contributed by atoms with E-state index in [1.54, 1.807) is 19.2 Å². The second-order valence-corrected chi connectivity index (χ2v) is 4.90. The van der Waals surface area contributed by atoms with Gasteiger partial charge in [-0.25, -0.2) is 9.59 Å². The highest BCUT2D eigenvalue weighted by atomic mass is 32.1. The number of aromatic nitrogens is 1. The van der Waals surface area contributed by atoms with E-state index in [0.717, 1.165) is 11.3 Å². The first-order valence-electron chi connectivity index (χ1n) is 5.34. The molecule has 0 fully saturated rings. The minimum atomic E-state index is -1.08. The zero-order valence-electron chi connectivity index (χ0n) is 10.0. The first-order chi connectivity index (χ1) is 8.40. The molecule has 1 rings (SSSR count). The SMILES string of the molecule is CC(C)[C@@H](NC(=O)NCc1csc(=O)[nH]1)C(=O)O. The van der Waals surface area contributed by atoms with Crippen molar-refractivity contribution in [3.63, 3.8) is 0 Å². The van der Waals surface area contributed by atoms with Crippen molar-refractivity contribution in [2.45, 2.75) is 26.4 Å². The molecule has 0 aliphatic carbocycles. The molecule has 0 saturated heterocycles.